The maximum atomic E-state index is 11.8. The molecule has 106 valence electrons. The van der Waals surface area contributed by atoms with Crippen LogP contribution in [0.25, 0.3) is 0 Å². The van der Waals surface area contributed by atoms with E-state index in [-0.39, 0.29) is 24.0 Å². The van der Waals surface area contributed by atoms with E-state index in [9.17, 15) is 4.79 Å². The molecule has 0 amide bonds. The van der Waals surface area contributed by atoms with E-state index in [1.807, 2.05) is 38.1 Å². The van der Waals surface area contributed by atoms with E-state index in [0.29, 0.717) is 5.02 Å². The fourth-order valence-corrected chi connectivity index (χ4v) is 2.15. The molecule has 1 rings (SSSR count). The van der Waals surface area contributed by atoms with Gasteiger partial charge < -0.3 is 4.74 Å². The summed E-state index contributed by atoms with van der Waals surface area (Å²) in [6, 6.07) is 7.51. The standard InChI is InChI=1S/C15H22ClNO2/c1-5-13(11-6-8-12(16)9-7-11)17-14(10(2)3)15(18)19-4/h6-10,13-14,17H,5H2,1-4H3/t13?,14-/m0/s1. The monoisotopic (exact) mass is 283 g/mol. The number of ether oxygens (including phenoxy) is 1. The van der Waals surface area contributed by atoms with Crippen LogP contribution in [0.5, 0.6) is 0 Å². The van der Waals surface area contributed by atoms with Crippen LogP contribution in [0.1, 0.15) is 38.8 Å². The van der Waals surface area contributed by atoms with E-state index < -0.39 is 0 Å². The van der Waals surface area contributed by atoms with Gasteiger partial charge in [0, 0.05) is 11.1 Å². The minimum absolute atomic E-state index is 0.115. The molecule has 0 aromatic heterocycles. The minimum atomic E-state index is -0.300. The summed E-state index contributed by atoms with van der Waals surface area (Å²) >= 11 is 5.89. The number of benzene rings is 1. The predicted molar refractivity (Wildman–Crippen MR) is 78.3 cm³/mol. The number of rotatable bonds is 6. The SMILES string of the molecule is CCC(N[C@H](C(=O)OC)C(C)C)c1ccc(Cl)cc1. The number of hydrogen-bond donors (Lipinski definition) is 1. The number of carbonyl (C=O) groups excluding carboxylic acids is 1. The first-order chi connectivity index (χ1) is 8.99. The summed E-state index contributed by atoms with van der Waals surface area (Å²) in [7, 11) is 1.42. The average molecular weight is 284 g/mol. The normalized spacial score (nSPS) is 14.2. The number of esters is 1. The summed E-state index contributed by atoms with van der Waals surface area (Å²) in [5, 5.41) is 4.09. The van der Waals surface area contributed by atoms with Crippen LogP contribution in [0.2, 0.25) is 5.02 Å². The summed E-state index contributed by atoms with van der Waals surface area (Å²) in [6.45, 7) is 6.09. The van der Waals surface area contributed by atoms with Crippen molar-refractivity contribution in [3.05, 3.63) is 34.9 Å². The highest BCUT2D eigenvalue weighted by atomic mass is 35.5. The Morgan fingerprint density at radius 3 is 2.32 bits per heavy atom. The van der Waals surface area contributed by atoms with Gasteiger partial charge in [-0.05, 0) is 30.0 Å². The van der Waals surface area contributed by atoms with Crippen molar-refractivity contribution in [3.8, 4) is 0 Å². The average Bonchev–Trinajstić information content (AvgIpc) is 2.40. The van der Waals surface area contributed by atoms with Crippen LogP contribution in [0.4, 0.5) is 0 Å². The Labute approximate surface area is 120 Å². The number of hydrogen-bond acceptors (Lipinski definition) is 3. The number of nitrogens with one attached hydrogen (secondary N) is 1. The third kappa shape index (κ3) is 4.51. The van der Waals surface area contributed by atoms with Gasteiger partial charge in [-0.15, -0.1) is 0 Å². The van der Waals surface area contributed by atoms with Crippen LogP contribution >= 0.6 is 11.6 Å². The molecular weight excluding hydrogens is 262 g/mol. The van der Waals surface area contributed by atoms with Crippen LogP contribution < -0.4 is 5.32 Å². The summed E-state index contributed by atoms with van der Waals surface area (Å²) in [5.74, 6) is -0.0452. The Hall–Kier alpha value is -1.06. The van der Waals surface area contributed by atoms with Crippen LogP contribution in [0, 0.1) is 5.92 Å². The van der Waals surface area contributed by atoms with E-state index in [1.165, 1.54) is 7.11 Å². The van der Waals surface area contributed by atoms with Crippen LogP contribution in [-0.4, -0.2) is 19.1 Å². The molecule has 0 aliphatic heterocycles. The zero-order valence-corrected chi connectivity index (χ0v) is 12.7. The predicted octanol–water partition coefficient (Wildman–Crippen LogP) is 3.58. The smallest absolute Gasteiger partial charge is 0.323 e. The Morgan fingerprint density at radius 1 is 1.32 bits per heavy atom. The molecule has 0 saturated heterocycles. The van der Waals surface area contributed by atoms with Crippen molar-refractivity contribution in [1.82, 2.24) is 5.32 Å². The second-order valence-corrected chi connectivity index (χ2v) is 5.36. The largest absolute Gasteiger partial charge is 0.468 e. The molecule has 0 bridgehead atoms. The third-order valence-corrected chi connectivity index (χ3v) is 3.44. The van der Waals surface area contributed by atoms with Gasteiger partial charge in [-0.2, -0.15) is 0 Å². The van der Waals surface area contributed by atoms with Gasteiger partial charge in [0.15, 0.2) is 0 Å². The van der Waals surface area contributed by atoms with Crippen molar-refractivity contribution in [2.45, 2.75) is 39.3 Å². The van der Waals surface area contributed by atoms with Crippen LogP contribution in [-0.2, 0) is 9.53 Å². The van der Waals surface area contributed by atoms with E-state index in [1.54, 1.807) is 0 Å². The first-order valence-electron chi connectivity index (χ1n) is 6.58. The lowest BCUT2D eigenvalue weighted by molar-refractivity contribution is -0.144. The molecule has 1 unspecified atom stereocenters. The summed E-state index contributed by atoms with van der Waals surface area (Å²) < 4.78 is 4.85. The van der Waals surface area contributed by atoms with Gasteiger partial charge in [0.25, 0.3) is 0 Å². The summed E-state index contributed by atoms with van der Waals surface area (Å²) in [4.78, 5) is 11.8. The third-order valence-electron chi connectivity index (χ3n) is 3.18. The minimum Gasteiger partial charge on any atom is -0.468 e. The van der Waals surface area contributed by atoms with Crippen molar-refractivity contribution in [2.24, 2.45) is 5.92 Å². The number of methoxy groups -OCH3 is 1. The van der Waals surface area contributed by atoms with E-state index in [2.05, 4.69) is 12.2 Å². The highest BCUT2D eigenvalue weighted by Gasteiger charge is 2.25. The van der Waals surface area contributed by atoms with E-state index in [0.717, 1.165) is 12.0 Å². The van der Waals surface area contributed by atoms with Gasteiger partial charge >= 0.3 is 5.97 Å². The molecule has 4 heteroatoms. The molecule has 0 aliphatic rings. The highest BCUT2D eigenvalue weighted by molar-refractivity contribution is 6.30. The highest BCUT2D eigenvalue weighted by Crippen LogP contribution is 2.21. The maximum absolute atomic E-state index is 11.8. The second kappa shape index (κ2) is 7.51. The molecule has 0 aliphatic carbocycles. The lowest BCUT2D eigenvalue weighted by Gasteiger charge is -2.26. The number of halogens is 1. The van der Waals surface area contributed by atoms with Gasteiger partial charge in [-0.1, -0.05) is 44.5 Å². The van der Waals surface area contributed by atoms with Crippen molar-refractivity contribution in [3.63, 3.8) is 0 Å². The zero-order chi connectivity index (χ0) is 14.4. The van der Waals surface area contributed by atoms with Gasteiger partial charge in [-0.3, -0.25) is 10.1 Å². The van der Waals surface area contributed by atoms with Crippen molar-refractivity contribution in [1.29, 1.82) is 0 Å². The zero-order valence-electron chi connectivity index (χ0n) is 11.9. The Bertz CT molecular complexity index is 403. The Morgan fingerprint density at radius 2 is 1.89 bits per heavy atom. The topological polar surface area (TPSA) is 38.3 Å². The molecular formula is C15H22ClNO2. The first-order valence-corrected chi connectivity index (χ1v) is 6.96. The molecule has 3 nitrogen and oxygen atoms in total. The van der Waals surface area contributed by atoms with Gasteiger partial charge in [0.05, 0.1) is 7.11 Å². The number of carbonyl (C=O) groups is 1. The molecule has 1 N–H and O–H groups in total. The molecule has 0 spiro atoms. The Kier molecular flexibility index (Phi) is 6.32. The van der Waals surface area contributed by atoms with Crippen LogP contribution in [0.15, 0.2) is 24.3 Å². The van der Waals surface area contributed by atoms with E-state index in [4.69, 9.17) is 16.3 Å². The fourth-order valence-electron chi connectivity index (χ4n) is 2.02. The van der Waals surface area contributed by atoms with Crippen molar-refractivity contribution in [2.75, 3.05) is 7.11 Å². The maximum Gasteiger partial charge on any atom is 0.323 e. The Balaban J connectivity index is 2.85. The lowest BCUT2D eigenvalue weighted by Crippen LogP contribution is -2.43. The van der Waals surface area contributed by atoms with Gasteiger partial charge in [-0.25, -0.2) is 0 Å². The molecule has 0 saturated carbocycles. The molecule has 0 radical (unpaired) electrons. The molecule has 0 heterocycles. The molecule has 0 fully saturated rings. The molecule has 1 aromatic carbocycles. The van der Waals surface area contributed by atoms with Crippen molar-refractivity contribution < 1.29 is 9.53 Å². The second-order valence-electron chi connectivity index (χ2n) is 4.92. The summed E-state index contributed by atoms with van der Waals surface area (Å²) in [6.07, 6.45) is 0.891. The van der Waals surface area contributed by atoms with E-state index >= 15 is 0 Å². The lowest BCUT2D eigenvalue weighted by atomic mass is 9.99. The van der Waals surface area contributed by atoms with Crippen LogP contribution in [0.3, 0.4) is 0 Å². The van der Waals surface area contributed by atoms with Gasteiger partial charge in [0.2, 0.25) is 0 Å². The summed E-state index contributed by atoms with van der Waals surface area (Å²) in [5.41, 5.74) is 1.13. The molecule has 19 heavy (non-hydrogen) atoms. The molecule has 1 aromatic rings. The fraction of sp³-hybridized carbons (Fsp3) is 0.533. The molecule has 2 atom stereocenters. The van der Waals surface area contributed by atoms with Gasteiger partial charge in [0.1, 0.15) is 6.04 Å². The van der Waals surface area contributed by atoms with Crippen molar-refractivity contribution >= 4 is 17.6 Å². The quantitative estimate of drug-likeness (QED) is 0.811. The first kappa shape index (κ1) is 16.0.